The summed E-state index contributed by atoms with van der Waals surface area (Å²) in [6.45, 7) is 4.03. The summed E-state index contributed by atoms with van der Waals surface area (Å²) < 4.78 is 0. The average Bonchev–Trinajstić information content (AvgIpc) is 2.04. The zero-order valence-corrected chi connectivity index (χ0v) is 7.24. The average molecular weight is 164 g/mol. The van der Waals surface area contributed by atoms with Crippen molar-refractivity contribution in [1.29, 1.82) is 0 Å². The normalized spacial score (nSPS) is 9.92. The van der Waals surface area contributed by atoms with Crippen LogP contribution in [0.2, 0.25) is 0 Å². The van der Waals surface area contributed by atoms with E-state index in [2.05, 4.69) is 10.3 Å². The van der Waals surface area contributed by atoms with Crippen LogP contribution in [0, 0.1) is 0 Å². The first-order valence-corrected chi connectivity index (χ1v) is 3.90. The van der Waals surface area contributed by atoms with Crippen molar-refractivity contribution >= 4 is 12.0 Å². The van der Waals surface area contributed by atoms with E-state index in [4.69, 9.17) is 0 Å². The Morgan fingerprint density at radius 3 is 2.92 bits per heavy atom. The molecular formula is C9H12N2O. The van der Waals surface area contributed by atoms with Crippen LogP contribution in [0.5, 0.6) is 0 Å². The molecule has 0 unspecified atom stereocenters. The number of nitrogens with zero attached hydrogens (tertiary/aromatic N) is 1. The van der Waals surface area contributed by atoms with E-state index in [0.29, 0.717) is 11.7 Å². The highest BCUT2D eigenvalue weighted by molar-refractivity contribution is 5.81. The van der Waals surface area contributed by atoms with Gasteiger partial charge in [-0.1, -0.05) is 0 Å². The van der Waals surface area contributed by atoms with Crippen molar-refractivity contribution in [1.82, 2.24) is 4.98 Å². The summed E-state index contributed by atoms with van der Waals surface area (Å²) in [5.41, 5.74) is 1.26. The van der Waals surface area contributed by atoms with Crippen molar-refractivity contribution in [2.45, 2.75) is 19.9 Å². The van der Waals surface area contributed by atoms with Crippen molar-refractivity contribution in [3.63, 3.8) is 0 Å². The van der Waals surface area contributed by atoms with Gasteiger partial charge in [0, 0.05) is 12.2 Å². The second kappa shape index (κ2) is 3.85. The molecule has 1 N–H and O–H groups in total. The molecule has 0 atom stereocenters. The number of anilines is 1. The van der Waals surface area contributed by atoms with Crippen LogP contribution in [0.3, 0.4) is 0 Å². The van der Waals surface area contributed by atoms with Crippen LogP contribution in [-0.2, 0) is 0 Å². The Kier molecular flexibility index (Phi) is 2.80. The minimum Gasteiger partial charge on any atom is -0.381 e. The molecule has 0 saturated carbocycles. The van der Waals surface area contributed by atoms with Crippen LogP contribution >= 0.6 is 0 Å². The summed E-state index contributed by atoms with van der Waals surface area (Å²) in [4.78, 5) is 14.4. The summed E-state index contributed by atoms with van der Waals surface area (Å²) in [6, 6.07) is 3.96. The predicted molar refractivity (Wildman–Crippen MR) is 48.4 cm³/mol. The van der Waals surface area contributed by atoms with E-state index in [9.17, 15) is 4.79 Å². The van der Waals surface area contributed by atoms with Crippen LogP contribution < -0.4 is 5.32 Å². The minimum atomic E-state index is 0.313. The maximum atomic E-state index is 10.5. The molecule has 0 aliphatic rings. The van der Waals surface area contributed by atoms with Gasteiger partial charge in [0.1, 0.15) is 5.69 Å². The van der Waals surface area contributed by atoms with Gasteiger partial charge in [0.15, 0.2) is 6.29 Å². The van der Waals surface area contributed by atoms with E-state index in [-0.39, 0.29) is 0 Å². The molecule has 64 valence electrons. The maximum absolute atomic E-state index is 10.5. The smallest absolute Gasteiger partial charge is 0.170 e. The van der Waals surface area contributed by atoms with Crippen LogP contribution in [-0.4, -0.2) is 17.3 Å². The quantitative estimate of drug-likeness (QED) is 0.691. The molecule has 0 fully saturated rings. The molecular weight excluding hydrogens is 152 g/mol. The monoisotopic (exact) mass is 164 g/mol. The number of hydrogen-bond acceptors (Lipinski definition) is 3. The van der Waals surface area contributed by atoms with E-state index < -0.39 is 0 Å². The van der Waals surface area contributed by atoms with Crippen molar-refractivity contribution in [3.05, 3.63) is 24.0 Å². The molecule has 0 spiro atoms. The third-order valence-electron chi connectivity index (χ3n) is 1.39. The third-order valence-corrected chi connectivity index (χ3v) is 1.39. The summed E-state index contributed by atoms with van der Waals surface area (Å²) >= 11 is 0. The van der Waals surface area contributed by atoms with Gasteiger partial charge in [0.25, 0.3) is 0 Å². The Balaban J connectivity index is 2.89. The number of hydrogen-bond donors (Lipinski definition) is 1. The van der Waals surface area contributed by atoms with Gasteiger partial charge < -0.3 is 5.32 Å². The van der Waals surface area contributed by atoms with Crippen molar-refractivity contribution in [2.75, 3.05) is 5.32 Å². The molecule has 3 heteroatoms. The zero-order valence-electron chi connectivity index (χ0n) is 7.24. The molecule has 0 aliphatic carbocycles. The molecule has 12 heavy (non-hydrogen) atoms. The van der Waals surface area contributed by atoms with Crippen molar-refractivity contribution in [2.24, 2.45) is 0 Å². The number of pyridine rings is 1. The van der Waals surface area contributed by atoms with Crippen molar-refractivity contribution in [3.8, 4) is 0 Å². The molecule has 0 radical (unpaired) electrons. The molecule has 1 rings (SSSR count). The highest BCUT2D eigenvalue weighted by Gasteiger charge is 2.01. The standard InChI is InChI=1S/C9H12N2O/c1-7(2)11-8-4-3-5-10-9(8)6-12/h3-7,11H,1-2H3. The lowest BCUT2D eigenvalue weighted by Crippen LogP contribution is -2.11. The zero-order chi connectivity index (χ0) is 8.97. The number of carbonyl (C=O) groups excluding carboxylic acids is 1. The molecule has 0 aromatic carbocycles. The highest BCUT2D eigenvalue weighted by atomic mass is 16.1. The lowest BCUT2D eigenvalue weighted by molar-refractivity contribution is 0.112. The third kappa shape index (κ3) is 2.05. The van der Waals surface area contributed by atoms with Crippen LogP contribution in [0.25, 0.3) is 0 Å². The fraction of sp³-hybridized carbons (Fsp3) is 0.333. The lowest BCUT2D eigenvalue weighted by atomic mass is 10.3. The second-order valence-electron chi connectivity index (χ2n) is 2.85. The number of nitrogens with one attached hydrogen (secondary N) is 1. The number of carbonyl (C=O) groups is 1. The highest BCUT2D eigenvalue weighted by Crippen LogP contribution is 2.10. The molecule has 1 aromatic rings. The molecule has 1 aromatic heterocycles. The molecule has 1 heterocycles. The molecule has 0 bridgehead atoms. The first-order chi connectivity index (χ1) is 5.74. The maximum Gasteiger partial charge on any atom is 0.170 e. The first-order valence-electron chi connectivity index (χ1n) is 3.90. The lowest BCUT2D eigenvalue weighted by Gasteiger charge is -2.10. The van der Waals surface area contributed by atoms with Crippen molar-refractivity contribution < 1.29 is 4.79 Å². The van der Waals surface area contributed by atoms with Gasteiger partial charge in [-0.25, -0.2) is 0 Å². The molecule has 0 aliphatic heterocycles. The van der Waals surface area contributed by atoms with E-state index >= 15 is 0 Å². The number of aromatic nitrogens is 1. The topological polar surface area (TPSA) is 42.0 Å². The van der Waals surface area contributed by atoms with E-state index in [0.717, 1.165) is 12.0 Å². The largest absolute Gasteiger partial charge is 0.381 e. The summed E-state index contributed by atoms with van der Waals surface area (Å²) in [5.74, 6) is 0. The van der Waals surface area contributed by atoms with Gasteiger partial charge in [0.2, 0.25) is 0 Å². The molecule has 0 amide bonds. The van der Waals surface area contributed by atoms with Gasteiger partial charge >= 0.3 is 0 Å². The van der Waals surface area contributed by atoms with Crippen LogP contribution in [0.15, 0.2) is 18.3 Å². The van der Waals surface area contributed by atoms with Gasteiger partial charge in [-0.05, 0) is 26.0 Å². The van der Waals surface area contributed by atoms with Gasteiger partial charge in [0.05, 0.1) is 5.69 Å². The summed E-state index contributed by atoms with van der Waals surface area (Å²) in [5, 5.41) is 3.13. The number of rotatable bonds is 3. The van der Waals surface area contributed by atoms with Crippen LogP contribution in [0.4, 0.5) is 5.69 Å². The molecule has 0 saturated heterocycles. The second-order valence-corrected chi connectivity index (χ2v) is 2.85. The van der Waals surface area contributed by atoms with Crippen LogP contribution in [0.1, 0.15) is 24.3 Å². The van der Waals surface area contributed by atoms with Gasteiger partial charge in [-0.15, -0.1) is 0 Å². The van der Waals surface area contributed by atoms with Gasteiger partial charge in [-0.3, -0.25) is 9.78 Å². The Morgan fingerprint density at radius 1 is 1.58 bits per heavy atom. The predicted octanol–water partition coefficient (Wildman–Crippen LogP) is 1.71. The Hall–Kier alpha value is -1.38. The summed E-state index contributed by atoms with van der Waals surface area (Å²) in [7, 11) is 0. The Bertz CT molecular complexity index is 271. The van der Waals surface area contributed by atoms with E-state index in [1.165, 1.54) is 0 Å². The Morgan fingerprint density at radius 2 is 2.33 bits per heavy atom. The minimum absolute atomic E-state index is 0.313. The Labute approximate surface area is 71.8 Å². The number of aldehydes is 1. The fourth-order valence-corrected chi connectivity index (χ4v) is 0.944. The van der Waals surface area contributed by atoms with Gasteiger partial charge in [-0.2, -0.15) is 0 Å². The first kappa shape index (κ1) is 8.71. The van der Waals surface area contributed by atoms with E-state index in [1.807, 2.05) is 19.9 Å². The SMILES string of the molecule is CC(C)Nc1cccnc1C=O. The fourth-order valence-electron chi connectivity index (χ4n) is 0.944. The molecule has 3 nitrogen and oxygen atoms in total. The van der Waals surface area contributed by atoms with E-state index in [1.54, 1.807) is 12.3 Å². The summed E-state index contributed by atoms with van der Waals surface area (Å²) in [6.07, 6.45) is 2.36.